The lowest BCUT2D eigenvalue weighted by Gasteiger charge is -2.13. The molecule has 7 heteroatoms. The Kier molecular flexibility index (Phi) is 3.81. The molecule has 0 unspecified atom stereocenters. The van der Waals surface area contributed by atoms with Crippen LogP contribution in [0.15, 0.2) is 35.3 Å². The first kappa shape index (κ1) is 14.5. The first-order chi connectivity index (χ1) is 10.5. The van der Waals surface area contributed by atoms with E-state index in [2.05, 4.69) is 15.4 Å². The maximum atomic E-state index is 11.7. The highest BCUT2D eigenvalue weighted by Crippen LogP contribution is 2.26. The van der Waals surface area contributed by atoms with Gasteiger partial charge in [-0.3, -0.25) is 4.79 Å². The molecule has 3 rings (SSSR count). The summed E-state index contributed by atoms with van der Waals surface area (Å²) in [4.78, 5) is 16.4. The van der Waals surface area contributed by atoms with Crippen molar-refractivity contribution < 1.29 is 4.74 Å². The number of fused-ring (bicyclic) bond motifs is 1. The van der Waals surface area contributed by atoms with Crippen LogP contribution in [-0.4, -0.2) is 20.7 Å². The molecule has 0 fully saturated rings. The normalized spacial score (nSPS) is 11.1. The third-order valence-corrected chi connectivity index (χ3v) is 3.80. The number of rotatable bonds is 4. The van der Waals surface area contributed by atoms with Gasteiger partial charge in [-0.2, -0.15) is 4.52 Å². The summed E-state index contributed by atoms with van der Waals surface area (Å²) in [5.74, 6) is 0.864. The first-order valence-corrected chi connectivity index (χ1v) is 7.74. The molecule has 0 saturated heterocycles. The summed E-state index contributed by atoms with van der Waals surface area (Å²) in [6, 6.07) is 7.22. The van der Waals surface area contributed by atoms with Crippen LogP contribution in [0, 0.1) is 6.92 Å². The maximum Gasteiger partial charge on any atom is 0.275 e. The molecule has 0 aliphatic carbocycles. The van der Waals surface area contributed by atoms with Crippen molar-refractivity contribution in [3.63, 3.8) is 0 Å². The van der Waals surface area contributed by atoms with E-state index in [1.807, 2.05) is 39.0 Å². The van der Waals surface area contributed by atoms with Gasteiger partial charge in [0, 0.05) is 18.0 Å². The fraction of sp³-hybridized carbons (Fsp3) is 0.267. The minimum atomic E-state index is -0.189. The fourth-order valence-electron chi connectivity index (χ4n) is 2.03. The van der Waals surface area contributed by atoms with Crippen molar-refractivity contribution in [2.24, 2.45) is 0 Å². The maximum absolute atomic E-state index is 11.7. The van der Waals surface area contributed by atoms with Gasteiger partial charge in [-0.1, -0.05) is 11.3 Å². The molecule has 0 aliphatic heterocycles. The van der Waals surface area contributed by atoms with Crippen LogP contribution in [0.25, 0.3) is 4.96 Å². The molecule has 0 atom stereocenters. The molecule has 22 heavy (non-hydrogen) atoms. The van der Waals surface area contributed by atoms with Gasteiger partial charge in [0.25, 0.3) is 5.56 Å². The zero-order valence-corrected chi connectivity index (χ0v) is 13.3. The predicted octanol–water partition coefficient (Wildman–Crippen LogP) is 2.99. The fourth-order valence-corrected chi connectivity index (χ4v) is 2.83. The van der Waals surface area contributed by atoms with Gasteiger partial charge in [-0.05, 0) is 44.5 Å². The van der Waals surface area contributed by atoms with Gasteiger partial charge in [-0.15, -0.1) is 5.10 Å². The van der Waals surface area contributed by atoms with E-state index < -0.39 is 0 Å². The number of nitrogens with zero attached hydrogens (tertiary/aromatic N) is 3. The molecule has 0 bridgehead atoms. The lowest BCUT2D eigenvalue weighted by atomic mass is 10.2. The van der Waals surface area contributed by atoms with E-state index in [9.17, 15) is 4.79 Å². The van der Waals surface area contributed by atoms with Crippen LogP contribution in [-0.2, 0) is 0 Å². The lowest BCUT2D eigenvalue weighted by Crippen LogP contribution is -2.12. The molecule has 0 saturated carbocycles. The van der Waals surface area contributed by atoms with E-state index in [1.165, 1.54) is 28.1 Å². The van der Waals surface area contributed by atoms with E-state index in [0.29, 0.717) is 10.1 Å². The topological polar surface area (TPSA) is 68.5 Å². The Hall–Kier alpha value is -2.41. The summed E-state index contributed by atoms with van der Waals surface area (Å²) < 4.78 is 7.01. The third-order valence-electron chi connectivity index (χ3n) is 2.96. The Morgan fingerprint density at radius 1 is 1.32 bits per heavy atom. The van der Waals surface area contributed by atoms with Crippen LogP contribution in [0.4, 0.5) is 10.8 Å². The molecule has 0 radical (unpaired) electrons. The van der Waals surface area contributed by atoms with Crippen LogP contribution >= 0.6 is 11.3 Å². The molecule has 0 aliphatic rings. The van der Waals surface area contributed by atoms with E-state index in [0.717, 1.165) is 17.0 Å². The summed E-state index contributed by atoms with van der Waals surface area (Å²) in [7, 11) is 0. The van der Waals surface area contributed by atoms with Gasteiger partial charge < -0.3 is 10.1 Å². The molecule has 6 nitrogen and oxygen atoms in total. The van der Waals surface area contributed by atoms with Crippen molar-refractivity contribution in [3.8, 4) is 5.75 Å². The molecule has 1 aromatic carbocycles. The molecule has 0 amide bonds. The minimum Gasteiger partial charge on any atom is -0.491 e. The molecule has 114 valence electrons. The minimum absolute atomic E-state index is 0.139. The Morgan fingerprint density at radius 2 is 2.14 bits per heavy atom. The van der Waals surface area contributed by atoms with E-state index >= 15 is 0 Å². The van der Waals surface area contributed by atoms with Gasteiger partial charge >= 0.3 is 0 Å². The van der Waals surface area contributed by atoms with Crippen molar-refractivity contribution in [3.05, 3.63) is 46.4 Å². The number of aromatic nitrogens is 3. The Labute approximate surface area is 131 Å². The average Bonchev–Trinajstić information content (AvgIpc) is 2.85. The number of nitrogens with one attached hydrogen (secondary N) is 1. The largest absolute Gasteiger partial charge is 0.491 e. The highest BCUT2D eigenvalue weighted by Gasteiger charge is 2.08. The number of aryl methyl sites for hydroxylation is 1. The summed E-state index contributed by atoms with van der Waals surface area (Å²) in [6.45, 7) is 5.99. The quantitative estimate of drug-likeness (QED) is 0.801. The second-order valence-corrected chi connectivity index (χ2v) is 6.11. The van der Waals surface area contributed by atoms with Crippen LogP contribution < -0.4 is 15.6 Å². The van der Waals surface area contributed by atoms with Crippen LogP contribution in [0.5, 0.6) is 5.75 Å². The Morgan fingerprint density at radius 3 is 2.82 bits per heavy atom. The van der Waals surface area contributed by atoms with Gasteiger partial charge in [0.1, 0.15) is 5.75 Å². The summed E-state index contributed by atoms with van der Waals surface area (Å²) in [5.41, 5.74) is 1.74. The van der Waals surface area contributed by atoms with Crippen molar-refractivity contribution in [1.29, 1.82) is 0 Å². The van der Waals surface area contributed by atoms with Gasteiger partial charge in [-0.25, -0.2) is 4.98 Å². The third kappa shape index (κ3) is 2.94. The highest BCUT2D eigenvalue weighted by atomic mass is 32.1. The molecular formula is C15H16N4O2S. The van der Waals surface area contributed by atoms with Crippen LogP contribution in [0.2, 0.25) is 0 Å². The summed E-state index contributed by atoms with van der Waals surface area (Å²) in [6.07, 6.45) is 1.63. The Balaban J connectivity index is 1.87. The lowest BCUT2D eigenvalue weighted by molar-refractivity contribution is 0.241. The number of benzene rings is 1. The SMILES string of the molecule is Cc1cc(Nc2nn3c(=O)ccnc3s2)ccc1OC(C)C. The molecule has 2 aromatic heterocycles. The smallest absolute Gasteiger partial charge is 0.275 e. The van der Waals surface area contributed by atoms with Gasteiger partial charge in [0.05, 0.1) is 6.10 Å². The second-order valence-electron chi connectivity index (χ2n) is 5.16. The van der Waals surface area contributed by atoms with Crippen LogP contribution in [0.1, 0.15) is 19.4 Å². The molecule has 3 aromatic rings. The van der Waals surface area contributed by atoms with E-state index in [4.69, 9.17) is 4.74 Å². The number of hydrogen-bond donors (Lipinski definition) is 1. The summed E-state index contributed by atoms with van der Waals surface area (Å²) in [5, 5.41) is 8.04. The average molecular weight is 316 g/mol. The van der Waals surface area contributed by atoms with E-state index in [1.54, 1.807) is 0 Å². The van der Waals surface area contributed by atoms with Gasteiger partial charge in [0.2, 0.25) is 10.1 Å². The summed E-state index contributed by atoms with van der Waals surface area (Å²) >= 11 is 1.33. The van der Waals surface area contributed by atoms with Crippen molar-refractivity contribution in [1.82, 2.24) is 14.6 Å². The first-order valence-electron chi connectivity index (χ1n) is 6.92. The predicted molar refractivity (Wildman–Crippen MR) is 87.4 cm³/mol. The van der Waals surface area contributed by atoms with Crippen molar-refractivity contribution in [2.45, 2.75) is 26.9 Å². The Bertz CT molecular complexity index is 869. The van der Waals surface area contributed by atoms with Crippen molar-refractivity contribution in [2.75, 3.05) is 5.32 Å². The monoisotopic (exact) mass is 316 g/mol. The van der Waals surface area contributed by atoms with Gasteiger partial charge in [0.15, 0.2) is 0 Å². The molecule has 2 heterocycles. The van der Waals surface area contributed by atoms with Crippen LogP contribution in [0.3, 0.4) is 0 Å². The number of ether oxygens (including phenoxy) is 1. The zero-order valence-electron chi connectivity index (χ0n) is 12.5. The highest BCUT2D eigenvalue weighted by molar-refractivity contribution is 7.20. The number of anilines is 2. The van der Waals surface area contributed by atoms with Crippen molar-refractivity contribution >= 4 is 27.1 Å². The zero-order chi connectivity index (χ0) is 15.7. The number of hydrogen-bond acceptors (Lipinski definition) is 6. The second kappa shape index (κ2) is 5.76. The molecular weight excluding hydrogens is 300 g/mol. The molecule has 1 N–H and O–H groups in total. The standard InChI is InChI=1S/C15H16N4O2S/c1-9(2)21-12-5-4-11(8-10(12)3)17-14-18-19-13(20)6-7-16-15(19)22-14/h4-9H,1-3H3,(H,17,18). The van der Waals surface area contributed by atoms with E-state index in [-0.39, 0.29) is 11.7 Å². The molecule has 0 spiro atoms.